The van der Waals surface area contributed by atoms with Gasteiger partial charge < -0.3 is 14.6 Å². The summed E-state index contributed by atoms with van der Waals surface area (Å²) in [4.78, 5) is 31.5. The Kier molecular flexibility index (Phi) is 3.66. The van der Waals surface area contributed by atoms with Crippen molar-refractivity contribution in [2.45, 2.75) is 37.8 Å². The van der Waals surface area contributed by atoms with Gasteiger partial charge in [0.05, 0.1) is 18.0 Å². The van der Waals surface area contributed by atoms with Gasteiger partial charge in [-0.2, -0.15) is 0 Å². The van der Waals surface area contributed by atoms with Crippen LogP contribution >= 0.6 is 0 Å². The van der Waals surface area contributed by atoms with Gasteiger partial charge in [-0.1, -0.05) is 0 Å². The van der Waals surface area contributed by atoms with Crippen LogP contribution in [0.2, 0.25) is 0 Å². The van der Waals surface area contributed by atoms with E-state index in [1.54, 1.807) is 17.9 Å². The van der Waals surface area contributed by atoms with Crippen LogP contribution in [0, 0.1) is 5.92 Å². The van der Waals surface area contributed by atoms with E-state index in [9.17, 15) is 14.7 Å². The van der Waals surface area contributed by atoms with Crippen LogP contribution in [0.1, 0.15) is 32.2 Å². The lowest BCUT2D eigenvalue weighted by Gasteiger charge is -2.43. The van der Waals surface area contributed by atoms with Crippen LogP contribution in [0.4, 0.5) is 0 Å². The quantitative estimate of drug-likeness (QED) is 0.834. The number of hydrogen-bond acceptors (Lipinski definition) is 5. The second kappa shape index (κ2) is 5.54. The van der Waals surface area contributed by atoms with Gasteiger partial charge in [-0.05, 0) is 32.1 Å². The molecule has 136 valence electrons. The van der Waals surface area contributed by atoms with Crippen molar-refractivity contribution in [1.82, 2.24) is 23.6 Å². The molecule has 2 atom stereocenters. The topological polar surface area (TPSA) is 85.3 Å². The predicted molar refractivity (Wildman–Crippen MR) is 93.7 cm³/mol. The number of aromatic nitrogens is 4. The first-order valence-electron chi connectivity index (χ1n) is 8.87. The summed E-state index contributed by atoms with van der Waals surface area (Å²) in [6, 6.07) is -0.268. The van der Waals surface area contributed by atoms with Crippen LogP contribution in [0.25, 0.3) is 11.2 Å². The number of aliphatic hydroxyl groups is 1. The third kappa shape index (κ3) is 2.64. The van der Waals surface area contributed by atoms with Crippen molar-refractivity contribution in [1.29, 1.82) is 0 Å². The van der Waals surface area contributed by atoms with Crippen molar-refractivity contribution in [2.24, 2.45) is 20.0 Å². The molecular weight excluding hydrogens is 322 g/mol. The van der Waals surface area contributed by atoms with Gasteiger partial charge >= 0.3 is 5.69 Å². The molecule has 2 aromatic rings. The van der Waals surface area contributed by atoms with Crippen molar-refractivity contribution in [3.63, 3.8) is 0 Å². The molecule has 2 aliphatic rings. The molecule has 1 N–H and O–H groups in total. The van der Waals surface area contributed by atoms with E-state index in [0.29, 0.717) is 24.1 Å². The molecule has 1 aliphatic heterocycles. The molecule has 0 unspecified atom stereocenters. The van der Waals surface area contributed by atoms with Gasteiger partial charge in [0, 0.05) is 33.7 Å². The van der Waals surface area contributed by atoms with Gasteiger partial charge in [-0.25, -0.2) is 9.78 Å². The second-order valence-electron chi connectivity index (χ2n) is 7.86. The van der Waals surface area contributed by atoms with Gasteiger partial charge in [-0.15, -0.1) is 0 Å². The number of rotatable bonds is 3. The minimum Gasteiger partial charge on any atom is -0.388 e. The number of imidazole rings is 1. The predicted octanol–water partition coefficient (Wildman–Crippen LogP) is -0.158. The molecule has 0 spiro atoms. The van der Waals surface area contributed by atoms with Crippen LogP contribution < -0.4 is 11.2 Å². The highest BCUT2D eigenvalue weighted by Crippen LogP contribution is 2.36. The zero-order chi connectivity index (χ0) is 17.9. The maximum atomic E-state index is 12.7. The van der Waals surface area contributed by atoms with Crippen LogP contribution in [0.15, 0.2) is 15.9 Å². The zero-order valence-corrected chi connectivity index (χ0v) is 15.0. The van der Waals surface area contributed by atoms with Gasteiger partial charge in [0.15, 0.2) is 11.2 Å². The average Bonchev–Trinajstić information content (AvgIpc) is 3.28. The van der Waals surface area contributed by atoms with Gasteiger partial charge in [-0.3, -0.25) is 13.9 Å². The molecule has 1 saturated heterocycles. The largest absolute Gasteiger partial charge is 0.388 e. The lowest BCUT2D eigenvalue weighted by molar-refractivity contribution is -0.0503. The maximum Gasteiger partial charge on any atom is 0.332 e. The Hall–Kier alpha value is -1.93. The minimum absolute atomic E-state index is 0.268. The first-order chi connectivity index (χ1) is 11.8. The highest BCUT2D eigenvalue weighted by molar-refractivity contribution is 5.70. The van der Waals surface area contributed by atoms with E-state index in [2.05, 4.69) is 9.88 Å². The SMILES string of the molecule is Cn1c(=O)c2c(ncn2[C@H]2CN(CC3CC3)CC[C@]2(C)O)n(C)c1=O. The van der Waals surface area contributed by atoms with Crippen LogP contribution in [-0.2, 0) is 14.1 Å². The van der Waals surface area contributed by atoms with Gasteiger partial charge in [0.1, 0.15) is 0 Å². The first-order valence-corrected chi connectivity index (χ1v) is 8.87. The highest BCUT2D eigenvalue weighted by atomic mass is 16.3. The smallest absolute Gasteiger partial charge is 0.332 e. The number of aryl methyl sites for hydroxylation is 1. The summed E-state index contributed by atoms with van der Waals surface area (Å²) in [6.45, 7) is 4.42. The molecule has 1 aliphatic carbocycles. The summed E-state index contributed by atoms with van der Waals surface area (Å²) in [5, 5.41) is 11.0. The summed E-state index contributed by atoms with van der Waals surface area (Å²) in [6.07, 6.45) is 4.81. The average molecular weight is 347 g/mol. The fraction of sp³-hybridized carbons (Fsp3) is 0.706. The van der Waals surface area contributed by atoms with E-state index >= 15 is 0 Å². The van der Waals surface area contributed by atoms with Gasteiger partial charge in [0.2, 0.25) is 0 Å². The maximum absolute atomic E-state index is 12.7. The van der Waals surface area contributed by atoms with Crippen molar-refractivity contribution < 1.29 is 5.11 Å². The van der Waals surface area contributed by atoms with E-state index in [1.807, 2.05) is 6.92 Å². The Morgan fingerprint density at radius 2 is 2.00 bits per heavy atom. The molecule has 3 heterocycles. The Bertz CT molecular complexity index is 934. The summed E-state index contributed by atoms with van der Waals surface area (Å²) < 4.78 is 4.25. The molecule has 25 heavy (non-hydrogen) atoms. The monoisotopic (exact) mass is 347 g/mol. The molecule has 0 bridgehead atoms. The van der Waals surface area contributed by atoms with Crippen molar-refractivity contribution in [2.75, 3.05) is 19.6 Å². The van der Waals surface area contributed by atoms with Crippen LogP contribution in [0.3, 0.4) is 0 Å². The number of likely N-dealkylation sites (tertiary alicyclic amines) is 1. The van der Waals surface area contributed by atoms with Crippen LogP contribution in [0.5, 0.6) is 0 Å². The normalized spacial score (nSPS) is 27.9. The first kappa shape index (κ1) is 16.5. The Morgan fingerprint density at radius 1 is 1.28 bits per heavy atom. The molecule has 0 radical (unpaired) electrons. The Labute approximate surface area is 145 Å². The molecule has 0 amide bonds. The molecule has 2 fully saturated rings. The number of nitrogens with zero attached hydrogens (tertiary/aromatic N) is 5. The number of fused-ring (bicyclic) bond motifs is 1. The molecule has 8 nitrogen and oxygen atoms in total. The zero-order valence-electron chi connectivity index (χ0n) is 15.0. The van der Waals surface area contributed by atoms with Crippen molar-refractivity contribution >= 4 is 11.2 Å². The Balaban J connectivity index is 1.81. The molecule has 4 rings (SSSR count). The standard InChI is InChI=1S/C17H25N5O3/c1-17(25)6-7-21(8-11-4-5-11)9-12(17)22-10-18-14-13(22)15(23)20(3)16(24)19(14)2/h10-12,25H,4-9H2,1-3H3/t12-,17-/m0/s1. The third-order valence-corrected chi connectivity index (χ3v) is 5.81. The molecule has 8 heteroatoms. The summed E-state index contributed by atoms with van der Waals surface area (Å²) in [5.74, 6) is 0.775. The molecular formula is C17H25N5O3. The van der Waals surface area contributed by atoms with E-state index in [-0.39, 0.29) is 11.6 Å². The van der Waals surface area contributed by atoms with Crippen LogP contribution in [-0.4, -0.2) is 53.9 Å². The minimum atomic E-state index is -0.923. The van der Waals surface area contributed by atoms with Gasteiger partial charge in [0.25, 0.3) is 5.56 Å². The van der Waals surface area contributed by atoms with E-state index in [1.165, 1.54) is 24.5 Å². The van der Waals surface area contributed by atoms with Crippen molar-refractivity contribution in [3.8, 4) is 0 Å². The summed E-state index contributed by atoms with van der Waals surface area (Å²) in [5.41, 5.74) is -0.946. The fourth-order valence-corrected chi connectivity index (χ4v) is 3.90. The summed E-state index contributed by atoms with van der Waals surface area (Å²) in [7, 11) is 3.08. The Morgan fingerprint density at radius 3 is 2.68 bits per heavy atom. The van der Waals surface area contributed by atoms with E-state index in [0.717, 1.165) is 23.6 Å². The van der Waals surface area contributed by atoms with E-state index in [4.69, 9.17) is 0 Å². The third-order valence-electron chi connectivity index (χ3n) is 5.81. The molecule has 0 aromatic carbocycles. The number of hydrogen-bond donors (Lipinski definition) is 1. The molecule has 2 aromatic heterocycles. The second-order valence-corrected chi connectivity index (χ2v) is 7.86. The van der Waals surface area contributed by atoms with E-state index < -0.39 is 11.3 Å². The molecule has 1 saturated carbocycles. The van der Waals surface area contributed by atoms with Crippen molar-refractivity contribution in [3.05, 3.63) is 27.2 Å². The summed E-state index contributed by atoms with van der Waals surface area (Å²) >= 11 is 0. The highest BCUT2D eigenvalue weighted by Gasteiger charge is 2.41. The number of piperidine rings is 1. The lowest BCUT2D eigenvalue weighted by Crippen LogP contribution is -2.51. The lowest BCUT2D eigenvalue weighted by atomic mass is 9.88. The fourth-order valence-electron chi connectivity index (χ4n) is 3.90.